The van der Waals surface area contributed by atoms with Gasteiger partial charge in [0.2, 0.25) is 11.8 Å². The normalized spacial score (nSPS) is 17.4. The molecule has 0 aromatic carbocycles. The highest BCUT2D eigenvalue weighted by Gasteiger charge is 2.36. The van der Waals surface area contributed by atoms with E-state index in [1.54, 1.807) is 18.3 Å². The Hall–Kier alpha value is -1.62. The molecule has 0 atom stereocenters. The number of nitrogens with one attached hydrogen (secondary N) is 1. The molecule has 0 aliphatic heterocycles. The van der Waals surface area contributed by atoms with Crippen LogP contribution in [0.2, 0.25) is 0 Å². The van der Waals surface area contributed by atoms with Crippen LogP contribution < -0.4 is 15.8 Å². The van der Waals surface area contributed by atoms with E-state index in [9.17, 15) is 4.79 Å². The number of nitrogens with two attached hydrogens (primary N) is 1. The lowest BCUT2D eigenvalue weighted by molar-refractivity contribution is -0.121. The minimum Gasteiger partial charge on any atom is -0.478 e. The highest BCUT2D eigenvalue weighted by atomic mass is 16.5. The first-order valence-corrected chi connectivity index (χ1v) is 6.33. The fourth-order valence-corrected chi connectivity index (χ4v) is 2.18. The Labute approximate surface area is 107 Å². The Morgan fingerprint density at radius 3 is 2.78 bits per heavy atom. The molecule has 0 spiro atoms. The number of nitrogens with zero attached hydrogens (tertiary/aromatic N) is 1. The minimum absolute atomic E-state index is 0.119. The van der Waals surface area contributed by atoms with E-state index in [0.29, 0.717) is 18.2 Å². The molecular weight excluding hydrogens is 230 g/mol. The Kier molecular flexibility index (Phi) is 3.81. The van der Waals surface area contributed by atoms with E-state index in [4.69, 9.17) is 10.5 Å². The zero-order chi connectivity index (χ0) is 13.0. The van der Waals surface area contributed by atoms with Crippen molar-refractivity contribution in [1.29, 1.82) is 0 Å². The second-order valence-corrected chi connectivity index (χ2v) is 4.64. The molecule has 18 heavy (non-hydrogen) atoms. The molecule has 0 saturated heterocycles. The van der Waals surface area contributed by atoms with Crippen LogP contribution >= 0.6 is 0 Å². The molecule has 1 aromatic heterocycles. The lowest BCUT2D eigenvalue weighted by atomic mass is 9.98. The van der Waals surface area contributed by atoms with Crippen molar-refractivity contribution in [3.63, 3.8) is 0 Å². The van der Waals surface area contributed by atoms with Gasteiger partial charge in [0.25, 0.3) is 0 Å². The summed E-state index contributed by atoms with van der Waals surface area (Å²) in [6.45, 7) is 2.47. The molecule has 0 bridgehead atoms. The quantitative estimate of drug-likeness (QED) is 0.851. The van der Waals surface area contributed by atoms with Crippen LogP contribution in [0.1, 0.15) is 32.6 Å². The smallest absolute Gasteiger partial charge is 0.244 e. The van der Waals surface area contributed by atoms with Crippen molar-refractivity contribution in [2.45, 2.75) is 38.1 Å². The van der Waals surface area contributed by atoms with Gasteiger partial charge in [0.05, 0.1) is 24.0 Å². The fourth-order valence-electron chi connectivity index (χ4n) is 2.18. The molecule has 1 saturated carbocycles. The highest BCUT2D eigenvalue weighted by molar-refractivity contribution is 5.98. The number of carbonyl (C=O) groups is 1. The fraction of sp³-hybridized carbons (Fsp3) is 0.538. The van der Waals surface area contributed by atoms with Gasteiger partial charge in [-0.15, -0.1) is 0 Å². The van der Waals surface area contributed by atoms with Crippen molar-refractivity contribution in [3.8, 4) is 5.88 Å². The summed E-state index contributed by atoms with van der Waals surface area (Å²) in [5.41, 5.74) is 6.01. The van der Waals surface area contributed by atoms with E-state index in [1.165, 1.54) is 0 Å². The van der Waals surface area contributed by atoms with E-state index in [2.05, 4.69) is 10.3 Å². The van der Waals surface area contributed by atoms with Gasteiger partial charge in [-0.25, -0.2) is 4.98 Å². The Balaban J connectivity index is 1.98. The van der Waals surface area contributed by atoms with Gasteiger partial charge in [0.1, 0.15) is 0 Å². The largest absolute Gasteiger partial charge is 0.478 e. The van der Waals surface area contributed by atoms with Crippen LogP contribution in [0.3, 0.4) is 0 Å². The van der Waals surface area contributed by atoms with Gasteiger partial charge < -0.3 is 15.8 Å². The van der Waals surface area contributed by atoms with Gasteiger partial charge in [-0.3, -0.25) is 4.79 Å². The standard InChI is InChI=1S/C13H19N3O2/c1-2-18-11-6-5-10(9-15-11)16-12(17)13(14)7-3-4-8-13/h5-6,9H,2-4,7-8,14H2,1H3,(H,16,17). The van der Waals surface area contributed by atoms with Gasteiger partial charge in [-0.2, -0.15) is 0 Å². The average Bonchev–Trinajstić information content (AvgIpc) is 2.80. The Morgan fingerprint density at radius 2 is 2.22 bits per heavy atom. The summed E-state index contributed by atoms with van der Waals surface area (Å²) in [5, 5.41) is 2.81. The van der Waals surface area contributed by atoms with Gasteiger partial charge >= 0.3 is 0 Å². The monoisotopic (exact) mass is 249 g/mol. The van der Waals surface area contributed by atoms with Gasteiger partial charge in [0, 0.05) is 6.07 Å². The first-order chi connectivity index (χ1) is 8.64. The summed E-state index contributed by atoms with van der Waals surface area (Å²) in [7, 11) is 0. The molecule has 1 aliphatic rings. The molecular formula is C13H19N3O2. The molecule has 1 aromatic rings. The number of pyridine rings is 1. The number of anilines is 1. The zero-order valence-corrected chi connectivity index (χ0v) is 10.6. The number of hydrogen-bond donors (Lipinski definition) is 2. The van der Waals surface area contributed by atoms with Crippen LogP contribution in [0.5, 0.6) is 5.88 Å². The van der Waals surface area contributed by atoms with Crippen LogP contribution in [-0.2, 0) is 4.79 Å². The number of carbonyl (C=O) groups excluding carboxylic acids is 1. The van der Waals surface area contributed by atoms with Crippen molar-refractivity contribution in [2.24, 2.45) is 5.73 Å². The molecule has 5 nitrogen and oxygen atoms in total. The van der Waals surface area contributed by atoms with Crippen molar-refractivity contribution < 1.29 is 9.53 Å². The third-order valence-corrected chi connectivity index (χ3v) is 3.23. The molecule has 0 radical (unpaired) electrons. The SMILES string of the molecule is CCOc1ccc(NC(=O)C2(N)CCCC2)cn1. The maximum absolute atomic E-state index is 12.1. The predicted molar refractivity (Wildman–Crippen MR) is 69.4 cm³/mol. The van der Waals surface area contributed by atoms with E-state index >= 15 is 0 Å². The Morgan fingerprint density at radius 1 is 1.50 bits per heavy atom. The number of amides is 1. The van der Waals surface area contributed by atoms with Gasteiger partial charge in [-0.1, -0.05) is 12.8 Å². The third kappa shape index (κ3) is 2.79. The van der Waals surface area contributed by atoms with Crippen LogP contribution in [0.15, 0.2) is 18.3 Å². The molecule has 0 unspecified atom stereocenters. The van der Waals surface area contributed by atoms with Gasteiger partial charge in [0.15, 0.2) is 0 Å². The molecule has 2 rings (SSSR count). The first kappa shape index (κ1) is 12.8. The molecule has 1 amide bonds. The summed E-state index contributed by atoms with van der Waals surface area (Å²) in [5.74, 6) is 0.435. The zero-order valence-electron chi connectivity index (χ0n) is 10.6. The number of ether oxygens (including phenoxy) is 1. The summed E-state index contributed by atoms with van der Waals surface area (Å²) >= 11 is 0. The molecule has 3 N–H and O–H groups in total. The number of hydrogen-bond acceptors (Lipinski definition) is 4. The summed E-state index contributed by atoms with van der Waals surface area (Å²) < 4.78 is 5.24. The van der Waals surface area contributed by atoms with Crippen molar-refractivity contribution >= 4 is 11.6 Å². The summed E-state index contributed by atoms with van der Waals surface area (Å²) in [4.78, 5) is 16.1. The topological polar surface area (TPSA) is 77.2 Å². The maximum atomic E-state index is 12.1. The second-order valence-electron chi connectivity index (χ2n) is 4.64. The van der Waals surface area contributed by atoms with E-state index in [0.717, 1.165) is 25.7 Å². The predicted octanol–water partition coefficient (Wildman–Crippen LogP) is 1.69. The van der Waals surface area contributed by atoms with E-state index < -0.39 is 5.54 Å². The molecule has 98 valence electrons. The van der Waals surface area contributed by atoms with E-state index in [-0.39, 0.29) is 5.91 Å². The van der Waals surface area contributed by atoms with Crippen LogP contribution in [0, 0.1) is 0 Å². The van der Waals surface area contributed by atoms with Crippen LogP contribution in [-0.4, -0.2) is 23.0 Å². The van der Waals surface area contributed by atoms with Crippen molar-refractivity contribution in [2.75, 3.05) is 11.9 Å². The Bertz CT molecular complexity index is 411. The molecule has 1 heterocycles. The van der Waals surface area contributed by atoms with Crippen LogP contribution in [0.4, 0.5) is 5.69 Å². The third-order valence-electron chi connectivity index (χ3n) is 3.23. The number of aromatic nitrogens is 1. The second kappa shape index (κ2) is 5.35. The lowest BCUT2D eigenvalue weighted by Crippen LogP contribution is -2.48. The minimum atomic E-state index is -0.710. The first-order valence-electron chi connectivity index (χ1n) is 6.33. The van der Waals surface area contributed by atoms with Crippen molar-refractivity contribution in [1.82, 2.24) is 4.98 Å². The van der Waals surface area contributed by atoms with Gasteiger partial charge in [-0.05, 0) is 25.8 Å². The van der Waals surface area contributed by atoms with Crippen molar-refractivity contribution in [3.05, 3.63) is 18.3 Å². The molecule has 5 heteroatoms. The molecule has 1 aliphatic carbocycles. The lowest BCUT2D eigenvalue weighted by Gasteiger charge is -2.22. The summed E-state index contributed by atoms with van der Waals surface area (Å²) in [6.07, 6.45) is 5.13. The van der Waals surface area contributed by atoms with Crippen LogP contribution in [0.25, 0.3) is 0 Å². The number of rotatable bonds is 4. The van der Waals surface area contributed by atoms with E-state index in [1.807, 2.05) is 6.92 Å². The summed E-state index contributed by atoms with van der Waals surface area (Å²) in [6, 6.07) is 3.51. The maximum Gasteiger partial charge on any atom is 0.244 e. The average molecular weight is 249 g/mol. The molecule has 1 fully saturated rings. The highest BCUT2D eigenvalue weighted by Crippen LogP contribution is 2.28.